The number of carbonyl (C=O) groups excluding carboxylic acids is 1. The summed E-state index contributed by atoms with van der Waals surface area (Å²) in [6.07, 6.45) is -0.513. The molecule has 0 fully saturated rings. The maximum Gasteiger partial charge on any atom is 0.414 e. The first-order valence-corrected chi connectivity index (χ1v) is 8.27. The van der Waals surface area contributed by atoms with E-state index in [-0.39, 0.29) is 6.54 Å². The van der Waals surface area contributed by atoms with Gasteiger partial charge in [-0.1, -0.05) is 12.1 Å². The molecule has 0 radical (unpaired) electrons. The van der Waals surface area contributed by atoms with Crippen molar-refractivity contribution in [3.8, 4) is 6.07 Å². The van der Waals surface area contributed by atoms with E-state index in [2.05, 4.69) is 11.2 Å². The number of methoxy groups -OCH3 is 1. The van der Waals surface area contributed by atoms with Gasteiger partial charge in [-0.25, -0.2) is 4.79 Å². The Morgan fingerprint density at radius 1 is 1.42 bits per heavy atom. The van der Waals surface area contributed by atoms with Crippen molar-refractivity contribution in [2.75, 3.05) is 12.0 Å². The normalized spacial score (nSPS) is 11.1. The van der Waals surface area contributed by atoms with Crippen LogP contribution in [0.25, 0.3) is 0 Å². The van der Waals surface area contributed by atoms with E-state index in [1.165, 1.54) is 12.0 Å². The van der Waals surface area contributed by atoms with Crippen molar-refractivity contribution in [1.82, 2.24) is 9.78 Å². The SMILES string of the molecule is COC(=O)N(Cc1cccc(C#N)c1)c1c(C)nn(CC(C)(C)O)c1C. The number of rotatable bonds is 5. The van der Waals surface area contributed by atoms with E-state index in [1.54, 1.807) is 36.7 Å². The van der Waals surface area contributed by atoms with Gasteiger partial charge in [0.1, 0.15) is 0 Å². The van der Waals surface area contributed by atoms with Gasteiger partial charge in [-0.05, 0) is 45.4 Å². The summed E-state index contributed by atoms with van der Waals surface area (Å²) < 4.78 is 6.64. The zero-order chi connectivity index (χ0) is 19.5. The van der Waals surface area contributed by atoms with E-state index in [4.69, 9.17) is 10.00 Å². The van der Waals surface area contributed by atoms with Crippen molar-refractivity contribution in [3.63, 3.8) is 0 Å². The second-order valence-corrected chi connectivity index (χ2v) is 6.86. The highest BCUT2D eigenvalue weighted by Crippen LogP contribution is 2.28. The second kappa shape index (κ2) is 7.58. The summed E-state index contributed by atoms with van der Waals surface area (Å²) in [6.45, 7) is 7.62. The van der Waals surface area contributed by atoms with Gasteiger partial charge in [-0.2, -0.15) is 10.4 Å². The molecule has 0 saturated heterocycles. The van der Waals surface area contributed by atoms with Crippen LogP contribution < -0.4 is 4.90 Å². The third-order valence-corrected chi connectivity index (χ3v) is 3.94. The fourth-order valence-corrected chi connectivity index (χ4v) is 2.87. The summed E-state index contributed by atoms with van der Waals surface area (Å²) in [4.78, 5) is 13.9. The van der Waals surface area contributed by atoms with Crippen LogP contribution >= 0.6 is 0 Å². The average Bonchev–Trinajstić information content (AvgIpc) is 2.84. The molecule has 0 aliphatic carbocycles. The average molecular weight is 356 g/mol. The Morgan fingerprint density at radius 2 is 2.12 bits per heavy atom. The first-order chi connectivity index (χ1) is 12.2. The van der Waals surface area contributed by atoms with Crippen molar-refractivity contribution in [2.24, 2.45) is 0 Å². The Bertz CT molecular complexity index is 843. The molecule has 0 bridgehead atoms. The molecule has 2 aromatic rings. The number of aryl methyl sites for hydroxylation is 1. The zero-order valence-electron chi connectivity index (χ0n) is 15.8. The number of aliphatic hydroxyl groups is 1. The summed E-state index contributed by atoms with van der Waals surface area (Å²) in [5.74, 6) is 0. The van der Waals surface area contributed by atoms with Gasteiger partial charge in [-0.15, -0.1) is 0 Å². The number of ether oxygens (including phenoxy) is 1. The van der Waals surface area contributed by atoms with Crippen molar-refractivity contribution in [2.45, 2.75) is 46.4 Å². The molecule has 7 heteroatoms. The van der Waals surface area contributed by atoms with Crippen molar-refractivity contribution < 1.29 is 14.6 Å². The summed E-state index contributed by atoms with van der Waals surface area (Å²) in [5, 5.41) is 23.6. The summed E-state index contributed by atoms with van der Waals surface area (Å²) in [7, 11) is 1.33. The van der Waals surface area contributed by atoms with Crippen molar-refractivity contribution in [3.05, 3.63) is 46.8 Å². The highest BCUT2D eigenvalue weighted by molar-refractivity contribution is 5.89. The Balaban J connectivity index is 2.44. The highest BCUT2D eigenvalue weighted by Gasteiger charge is 2.26. The maximum atomic E-state index is 12.4. The Hall–Kier alpha value is -2.85. The van der Waals surface area contributed by atoms with E-state index in [0.717, 1.165) is 11.3 Å². The zero-order valence-corrected chi connectivity index (χ0v) is 15.8. The molecule has 0 atom stereocenters. The molecular weight excluding hydrogens is 332 g/mol. The lowest BCUT2D eigenvalue weighted by molar-refractivity contribution is 0.0570. The summed E-state index contributed by atoms with van der Waals surface area (Å²) in [6, 6.07) is 9.18. The molecule has 1 amide bonds. The molecule has 26 heavy (non-hydrogen) atoms. The van der Waals surface area contributed by atoms with Crippen LogP contribution in [0.1, 0.15) is 36.4 Å². The first-order valence-electron chi connectivity index (χ1n) is 8.27. The Labute approximate surface area is 153 Å². The number of nitrogens with zero attached hydrogens (tertiary/aromatic N) is 4. The number of nitriles is 1. The number of aromatic nitrogens is 2. The molecule has 0 aliphatic rings. The van der Waals surface area contributed by atoms with Crippen LogP contribution in [0.2, 0.25) is 0 Å². The molecule has 138 valence electrons. The topological polar surface area (TPSA) is 91.4 Å². The molecule has 0 unspecified atom stereocenters. The minimum atomic E-state index is -0.933. The molecule has 0 saturated carbocycles. The van der Waals surface area contributed by atoms with Gasteiger partial charge < -0.3 is 9.84 Å². The number of hydrogen-bond donors (Lipinski definition) is 1. The largest absolute Gasteiger partial charge is 0.452 e. The molecular formula is C19H24N4O3. The third kappa shape index (κ3) is 4.41. The van der Waals surface area contributed by atoms with E-state index in [9.17, 15) is 9.90 Å². The molecule has 1 aromatic carbocycles. The van der Waals surface area contributed by atoms with Crippen LogP contribution in [0.4, 0.5) is 10.5 Å². The lowest BCUT2D eigenvalue weighted by atomic mass is 10.1. The predicted molar refractivity (Wildman–Crippen MR) is 97.7 cm³/mol. The Kier molecular flexibility index (Phi) is 5.68. The summed E-state index contributed by atoms with van der Waals surface area (Å²) in [5.41, 5.74) is 2.46. The number of benzene rings is 1. The molecule has 1 heterocycles. The van der Waals surface area contributed by atoms with Gasteiger partial charge in [0.05, 0.1) is 54.5 Å². The van der Waals surface area contributed by atoms with Crippen LogP contribution in [0.5, 0.6) is 0 Å². The monoisotopic (exact) mass is 356 g/mol. The number of anilines is 1. The van der Waals surface area contributed by atoms with Gasteiger partial charge in [0.25, 0.3) is 0 Å². The van der Waals surface area contributed by atoms with Crippen molar-refractivity contribution >= 4 is 11.8 Å². The lowest BCUT2D eigenvalue weighted by Gasteiger charge is -2.23. The second-order valence-electron chi connectivity index (χ2n) is 6.86. The van der Waals surface area contributed by atoms with Crippen LogP contribution in [0.15, 0.2) is 24.3 Å². The standard InChI is InChI=1S/C19H24N4O3/c1-13-17(14(2)23(21-13)12-19(3,4)25)22(18(24)26-5)11-16-8-6-7-15(9-16)10-20/h6-9,25H,11-12H2,1-5H3. The predicted octanol–water partition coefficient (Wildman–Crippen LogP) is 2.92. The van der Waals surface area contributed by atoms with E-state index >= 15 is 0 Å². The quantitative estimate of drug-likeness (QED) is 0.889. The molecule has 0 spiro atoms. The fraction of sp³-hybridized carbons (Fsp3) is 0.421. The highest BCUT2D eigenvalue weighted by atomic mass is 16.5. The molecule has 0 aliphatic heterocycles. The molecule has 1 N–H and O–H groups in total. The maximum absolute atomic E-state index is 12.4. The molecule has 7 nitrogen and oxygen atoms in total. The minimum Gasteiger partial charge on any atom is -0.452 e. The minimum absolute atomic E-state index is 0.248. The Morgan fingerprint density at radius 3 is 2.69 bits per heavy atom. The molecule has 2 rings (SSSR count). The van der Waals surface area contributed by atoms with Crippen LogP contribution in [0, 0.1) is 25.2 Å². The van der Waals surface area contributed by atoms with E-state index in [1.807, 2.05) is 19.9 Å². The van der Waals surface area contributed by atoms with Crippen LogP contribution in [-0.4, -0.2) is 33.7 Å². The first kappa shape index (κ1) is 19.5. The summed E-state index contributed by atoms with van der Waals surface area (Å²) >= 11 is 0. The van der Waals surface area contributed by atoms with E-state index < -0.39 is 11.7 Å². The van der Waals surface area contributed by atoms with Gasteiger partial charge >= 0.3 is 6.09 Å². The van der Waals surface area contributed by atoms with Gasteiger partial charge in [0, 0.05) is 0 Å². The fourth-order valence-electron chi connectivity index (χ4n) is 2.87. The van der Waals surface area contributed by atoms with Crippen molar-refractivity contribution in [1.29, 1.82) is 5.26 Å². The van der Waals surface area contributed by atoms with Gasteiger partial charge in [0.15, 0.2) is 0 Å². The van der Waals surface area contributed by atoms with Crippen LogP contribution in [0.3, 0.4) is 0 Å². The molecule has 1 aromatic heterocycles. The number of hydrogen-bond acceptors (Lipinski definition) is 5. The lowest BCUT2D eigenvalue weighted by Crippen LogP contribution is -2.31. The third-order valence-electron chi connectivity index (χ3n) is 3.94. The number of amides is 1. The van der Waals surface area contributed by atoms with Crippen LogP contribution in [-0.2, 0) is 17.8 Å². The van der Waals surface area contributed by atoms with Gasteiger partial charge in [0.2, 0.25) is 0 Å². The number of carbonyl (C=O) groups is 1. The van der Waals surface area contributed by atoms with E-state index in [0.29, 0.717) is 23.5 Å². The van der Waals surface area contributed by atoms with Gasteiger partial charge in [-0.3, -0.25) is 9.58 Å². The smallest absolute Gasteiger partial charge is 0.414 e.